The molecule has 0 fully saturated rings. The zero-order valence-electron chi connectivity index (χ0n) is 14.2. The van der Waals surface area contributed by atoms with Crippen molar-refractivity contribution in [3.05, 3.63) is 24.3 Å². The first-order valence-electron chi connectivity index (χ1n) is 7.75. The molecule has 1 aliphatic rings. The summed E-state index contributed by atoms with van der Waals surface area (Å²) in [5.74, 6) is 0. The molecule has 3 heteroatoms. The van der Waals surface area contributed by atoms with Crippen LogP contribution in [-0.2, 0) is 9.16 Å². The summed E-state index contributed by atoms with van der Waals surface area (Å²) in [6, 6.07) is 0. The van der Waals surface area contributed by atoms with E-state index in [2.05, 4.69) is 53.4 Å². The van der Waals surface area contributed by atoms with Gasteiger partial charge in [-0.25, -0.2) is 0 Å². The standard InChI is InChI=1S/C17H32O2Si/c1-8-9-10-11-15(16-12-14(2)13-18-16)19-20(6,7)17(3,4)5/h8,12,15-16H,1,9-11,13H2,2-7H3/t15-,16+/m1/s1. The quantitative estimate of drug-likeness (QED) is 0.370. The highest BCUT2D eigenvalue weighted by Crippen LogP contribution is 2.38. The zero-order valence-corrected chi connectivity index (χ0v) is 15.2. The number of allylic oxidation sites excluding steroid dienone is 1. The predicted molar refractivity (Wildman–Crippen MR) is 89.6 cm³/mol. The predicted octanol–water partition coefficient (Wildman–Crippen LogP) is 5.08. The van der Waals surface area contributed by atoms with Gasteiger partial charge in [-0.2, -0.15) is 0 Å². The van der Waals surface area contributed by atoms with Crippen molar-refractivity contribution < 1.29 is 9.16 Å². The molecule has 0 aliphatic carbocycles. The Bertz CT molecular complexity index is 352. The van der Waals surface area contributed by atoms with Crippen LogP contribution in [0.4, 0.5) is 0 Å². The van der Waals surface area contributed by atoms with Crippen LogP contribution < -0.4 is 0 Å². The minimum atomic E-state index is -1.75. The van der Waals surface area contributed by atoms with Crippen molar-refractivity contribution in [1.82, 2.24) is 0 Å². The molecule has 0 N–H and O–H groups in total. The van der Waals surface area contributed by atoms with E-state index in [0.717, 1.165) is 25.9 Å². The van der Waals surface area contributed by atoms with Crippen molar-refractivity contribution >= 4 is 8.32 Å². The number of hydrogen-bond acceptors (Lipinski definition) is 2. The third kappa shape index (κ3) is 4.87. The van der Waals surface area contributed by atoms with Gasteiger partial charge in [0.1, 0.15) is 6.10 Å². The van der Waals surface area contributed by atoms with Crippen LogP contribution in [0.3, 0.4) is 0 Å². The number of rotatable bonds is 7. The molecule has 2 nitrogen and oxygen atoms in total. The van der Waals surface area contributed by atoms with E-state index in [1.54, 1.807) is 0 Å². The van der Waals surface area contributed by atoms with Crippen LogP contribution in [0.15, 0.2) is 24.3 Å². The molecular formula is C17H32O2Si. The fourth-order valence-electron chi connectivity index (χ4n) is 2.13. The Morgan fingerprint density at radius 3 is 2.60 bits per heavy atom. The van der Waals surface area contributed by atoms with Crippen LogP contribution >= 0.6 is 0 Å². The topological polar surface area (TPSA) is 18.5 Å². The second-order valence-electron chi connectivity index (χ2n) is 7.42. The second-order valence-corrected chi connectivity index (χ2v) is 12.2. The van der Waals surface area contributed by atoms with Gasteiger partial charge in [-0.3, -0.25) is 0 Å². The molecule has 1 aliphatic heterocycles. The van der Waals surface area contributed by atoms with E-state index >= 15 is 0 Å². The molecule has 0 aromatic carbocycles. The molecule has 116 valence electrons. The third-order valence-corrected chi connectivity index (χ3v) is 8.97. The molecule has 1 rings (SSSR count). The van der Waals surface area contributed by atoms with E-state index in [4.69, 9.17) is 9.16 Å². The lowest BCUT2D eigenvalue weighted by molar-refractivity contribution is 0.0144. The van der Waals surface area contributed by atoms with Crippen LogP contribution in [0, 0.1) is 0 Å². The molecular weight excluding hydrogens is 264 g/mol. The van der Waals surface area contributed by atoms with Crippen molar-refractivity contribution in [3.63, 3.8) is 0 Å². The Kier molecular flexibility index (Phi) is 6.23. The van der Waals surface area contributed by atoms with Crippen LogP contribution in [0.2, 0.25) is 18.1 Å². The number of ether oxygens (including phenoxy) is 1. The molecule has 1 heterocycles. The van der Waals surface area contributed by atoms with Gasteiger partial charge in [0.25, 0.3) is 0 Å². The van der Waals surface area contributed by atoms with Gasteiger partial charge in [-0.1, -0.05) is 32.9 Å². The molecule has 0 saturated carbocycles. The minimum absolute atomic E-state index is 0.133. The number of unbranched alkanes of at least 4 members (excludes halogenated alkanes) is 1. The summed E-state index contributed by atoms with van der Waals surface area (Å²) in [7, 11) is -1.75. The molecule has 0 aromatic rings. The highest BCUT2D eigenvalue weighted by atomic mass is 28.4. The minimum Gasteiger partial charge on any atom is -0.411 e. The van der Waals surface area contributed by atoms with Crippen LogP contribution in [0.1, 0.15) is 47.0 Å². The lowest BCUT2D eigenvalue weighted by Gasteiger charge is -2.40. The van der Waals surface area contributed by atoms with Gasteiger partial charge < -0.3 is 9.16 Å². The fraction of sp³-hybridized carbons (Fsp3) is 0.765. The van der Waals surface area contributed by atoms with E-state index in [-0.39, 0.29) is 17.2 Å². The highest BCUT2D eigenvalue weighted by molar-refractivity contribution is 6.74. The Labute approximate surface area is 126 Å². The van der Waals surface area contributed by atoms with Gasteiger partial charge in [0.2, 0.25) is 0 Å². The Morgan fingerprint density at radius 1 is 1.50 bits per heavy atom. The van der Waals surface area contributed by atoms with Crippen molar-refractivity contribution in [2.45, 2.75) is 77.3 Å². The first-order chi connectivity index (χ1) is 9.17. The van der Waals surface area contributed by atoms with Crippen LogP contribution in [0.5, 0.6) is 0 Å². The molecule has 0 saturated heterocycles. The summed E-state index contributed by atoms with van der Waals surface area (Å²) in [4.78, 5) is 0. The maximum atomic E-state index is 6.62. The van der Waals surface area contributed by atoms with E-state index in [9.17, 15) is 0 Å². The Morgan fingerprint density at radius 2 is 2.15 bits per heavy atom. The maximum Gasteiger partial charge on any atom is 0.192 e. The molecule has 0 spiro atoms. The first-order valence-corrected chi connectivity index (χ1v) is 10.7. The normalized spacial score (nSPS) is 21.7. The van der Waals surface area contributed by atoms with Crippen LogP contribution in [0.25, 0.3) is 0 Å². The van der Waals surface area contributed by atoms with Gasteiger partial charge in [-0.15, -0.1) is 6.58 Å². The lowest BCUT2D eigenvalue weighted by Crippen LogP contribution is -2.46. The molecule has 0 radical (unpaired) electrons. The first kappa shape index (κ1) is 17.7. The molecule has 0 unspecified atom stereocenters. The Balaban J connectivity index is 2.74. The summed E-state index contributed by atoms with van der Waals surface area (Å²) in [6.45, 7) is 18.2. The van der Waals surface area contributed by atoms with Crippen molar-refractivity contribution in [2.75, 3.05) is 6.61 Å². The van der Waals surface area contributed by atoms with Gasteiger partial charge in [0.15, 0.2) is 8.32 Å². The van der Waals surface area contributed by atoms with E-state index in [0.29, 0.717) is 0 Å². The summed E-state index contributed by atoms with van der Waals surface area (Å²) in [5.41, 5.74) is 1.32. The van der Waals surface area contributed by atoms with Gasteiger partial charge in [0.05, 0.1) is 12.7 Å². The SMILES string of the molecule is C=CCCC[C@@H](O[Si](C)(C)C(C)(C)C)[C@@H]1C=C(C)CO1. The molecule has 20 heavy (non-hydrogen) atoms. The van der Waals surface area contributed by atoms with Gasteiger partial charge in [0, 0.05) is 0 Å². The summed E-state index contributed by atoms with van der Waals surface area (Å²) in [5, 5.41) is 0.237. The fourth-order valence-corrected chi connectivity index (χ4v) is 3.49. The van der Waals surface area contributed by atoms with Crippen molar-refractivity contribution in [1.29, 1.82) is 0 Å². The average molecular weight is 297 g/mol. The van der Waals surface area contributed by atoms with E-state index < -0.39 is 8.32 Å². The molecule has 0 aromatic heterocycles. The monoisotopic (exact) mass is 296 g/mol. The summed E-state index contributed by atoms with van der Waals surface area (Å²) >= 11 is 0. The lowest BCUT2D eigenvalue weighted by atomic mass is 10.1. The molecule has 0 amide bonds. The van der Waals surface area contributed by atoms with Crippen molar-refractivity contribution in [3.8, 4) is 0 Å². The van der Waals surface area contributed by atoms with Gasteiger partial charge in [-0.05, 0) is 49.9 Å². The van der Waals surface area contributed by atoms with Crippen LogP contribution in [-0.4, -0.2) is 27.1 Å². The Hall–Kier alpha value is -0.383. The molecule has 2 atom stereocenters. The zero-order chi connectivity index (χ0) is 15.4. The largest absolute Gasteiger partial charge is 0.411 e. The highest BCUT2D eigenvalue weighted by Gasteiger charge is 2.41. The second kappa shape index (κ2) is 7.06. The smallest absolute Gasteiger partial charge is 0.192 e. The summed E-state index contributed by atoms with van der Waals surface area (Å²) < 4.78 is 12.5. The van der Waals surface area contributed by atoms with E-state index in [1.807, 2.05) is 6.08 Å². The van der Waals surface area contributed by atoms with Gasteiger partial charge >= 0.3 is 0 Å². The van der Waals surface area contributed by atoms with E-state index in [1.165, 1.54) is 5.57 Å². The number of hydrogen-bond donors (Lipinski definition) is 0. The van der Waals surface area contributed by atoms with Crippen molar-refractivity contribution in [2.24, 2.45) is 0 Å². The maximum absolute atomic E-state index is 6.62. The molecule has 0 bridgehead atoms. The average Bonchev–Trinajstić information content (AvgIpc) is 2.73. The summed E-state index contributed by atoms with van der Waals surface area (Å²) in [6.07, 6.45) is 7.77. The third-order valence-electron chi connectivity index (χ3n) is 4.47.